The smallest absolute Gasteiger partial charge is 0.235 e. The van der Waals surface area contributed by atoms with Crippen molar-refractivity contribution >= 4 is 11.6 Å². The van der Waals surface area contributed by atoms with Crippen LogP contribution in [0.3, 0.4) is 0 Å². The number of hydrogen-bond acceptors (Lipinski definition) is 3. The number of hydrogen-bond donors (Lipinski definition) is 0. The van der Waals surface area contributed by atoms with E-state index < -0.39 is 0 Å². The van der Waals surface area contributed by atoms with Crippen LogP contribution >= 0.6 is 0 Å². The van der Waals surface area contributed by atoms with E-state index in [1.54, 1.807) is 0 Å². The number of rotatable bonds is 2. The average Bonchev–Trinajstić information content (AvgIpc) is 2.85. The summed E-state index contributed by atoms with van der Waals surface area (Å²) >= 11 is 0. The third-order valence-corrected chi connectivity index (χ3v) is 3.35. The summed E-state index contributed by atoms with van der Waals surface area (Å²) in [5.74, 6) is 0.677. The summed E-state index contributed by atoms with van der Waals surface area (Å²) < 4.78 is 5.87. The van der Waals surface area contributed by atoms with Gasteiger partial charge in [-0.05, 0) is 26.2 Å². The van der Waals surface area contributed by atoms with Crippen LogP contribution in [0.4, 0.5) is 0 Å². The van der Waals surface area contributed by atoms with Gasteiger partial charge in [0.1, 0.15) is 12.3 Å². The van der Waals surface area contributed by atoms with Gasteiger partial charge in [0.05, 0.1) is 11.6 Å². The first kappa shape index (κ1) is 15.7. The predicted octanol–water partition coefficient (Wildman–Crippen LogP) is 4.12. The molecule has 1 atom stereocenters. The maximum Gasteiger partial charge on any atom is 0.235 e. The lowest BCUT2D eigenvalue weighted by Crippen LogP contribution is -2.25. The van der Waals surface area contributed by atoms with E-state index in [9.17, 15) is 0 Å². The molecule has 0 fully saturated rings. The van der Waals surface area contributed by atoms with Gasteiger partial charge in [0.25, 0.3) is 0 Å². The third kappa shape index (κ3) is 4.16. The van der Waals surface area contributed by atoms with Crippen molar-refractivity contribution in [1.82, 2.24) is 0 Å². The van der Waals surface area contributed by atoms with E-state index >= 15 is 0 Å². The monoisotopic (exact) mass is 286 g/mol. The molecular formula is C18H26N2O. The molecule has 0 spiro atoms. The molecule has 0 N–H and O–H groups in total. The summed E-state index contributed by atoms with van der Waals surface area (Å²) in [4.78, 5) is 9.62. The Morgan fingerprint density at radius 2 is 1.71 bits per heavy atom. The molecule has 3 heteroatoms. The van der Waals surface area contributed by atoms with E-state index in [0.29, 0.717) is 12.5 Å². The minimum absolute atomic E-state index is 0.102. The van der Waals surface area contributed by atoms with Crippen LogP contribution in [0.5, 0.6) is 0 Å². The topological polar surface area (TPSA) is 34.0 Å². The van der Waals surface area contributed by atoms with Gasteiger partial charge in [-0.2, -0.15) is 0 Å². The first-order chi connectivity index (χ1) is 9.67. The molecule has 0 saturated heterocycles. The number of ether oxygens (including phenoxy) is 1. The molecule has 0 aromatic heterocycles. The van der Waals surface area contributed by atoms with E-state index in [4.69, 9.17) is 14.7 Å². The summed E-state index contributed by atoms with van der Waals surface area (Å²) in [5, 5.41) is 0. The molecule has 1 heterocycles. The zero-order valence-corrected chi connectivity index (χ0v) is 14.0. The van der Waals surface area contributed by atoms with E-state index in [-0.39, 0.29) is 17.0 Å². The molecule has 1 aliphatic heterocycles. The van der Waals surface area contributed by atoms with Crippen LogP contribution in [0, 0.1) is 5.41 Å². The van der Waals surface area contributed by atoms with E-state index in [1.807, 2.05) is 18.2 Å². The van der Waals surface area contributed by atoms with Crippen LogP contribution in [-0.2, 0) is 4.74 Å². The van der Waals surface area contributed by atoms with E-state index in [0.717, 1.165) is 11.3 Å². The predicted molar refractivity (Wildman–Crippen MR) is 89.4 cm³/mol. The van der Waals surface area contributed by atoms with Gasteiger partial charge in [-0.1, -0.05) is 51.1 Å². The van der Waals surface area contributed by atoms with Crippen molar-refractivity contribution in [2.45, 2.75) is 53.1 Å². The Labute approximate surface area is 128 Å². The lowest BCUT2D eigenvalue weighted by molar-refractivity contribution is 0.237. The van der Waals surface area contributed by atoms with Crippen LogP contribution in [0.15, 0.2) is 40.3 Å². The fourth-order valence-corrected chi connectivity index (χ4v) is 2.11. The van der Waals surface area contributed by atoms with Crippen LogP contribution in [0.2, 0.25) is 0 Å². The quantitative estimate of drug-likeness (QED) is 0.753. The molecule has 114 valence electrons. The minimum atomic E-state index is -0.170. The standard InChI is InChI=1S/C18H26N2O/c1-17(2,3)14-12-21-16(19-14)15(20-18(4,5)6)13-10-8-7-9-11-13/h7-11,14H,12H2,1-6H3/t14-/m1/s1. The van der Waals surface area contributed by atoms with Gasteiger partial charge in [-0.3, -0.25) is 4.99 Å². The fourth-order valence-electron chi connectivity index (χ4n) is 2.11. The molecule has 0 radical (unpaired) electrons. The van der Waals surface area contributed by atoms with Gasteiger partial charge in [0.2, 0.25) is 5.90 Å². The van der Waals surface area contributed by atoms with Crippen molar-refractivity contribution in [2.24, 2.45) is 15.4 Å². The molecular weight excluding hydrogens is 260 g/mol. The molecule has 21 heavy (non-hydrogen) atoms. The molecule has 0 unspecified atom stereocenters. The SMILES string of the molecule is CC(C)(C)N=C(C1=N[C@@H](C(C)(C)C)CO1)c1ccccc1. The Balaban J connectivity index is 2.41. The number of nitrogens with zero attached hydrogens (tertiary/aromatic N) is 2. The zero-order valence-electron chi connectivity index (χ0n) is 14.0. The molecule has 2 rings (SSSR count). The summed E-state index contributed by atoms with van der Waals surface area (Å²) in [6.07, 6.45) is 0. The number of aliphatic imine (C=N–C) groups is 2. The molecule has 1 aromatic rings. The molecule has 0 saturated carbocycles. The van der Waals surface area contributed by atoms with E-state index in [1.165, 1.54) is 0 Å². The molecule has 0 amide bonds. The molecule has 0 aliphatic carbocycles. The largest absolute Gasteiger partial charge is 0.474 e. The fraction of sp³-hybridized carbons (Fsp3) is 0.556. The maximum absolute atomic E-state index is 5.87. The summed E-state index contributed by atoms with van der Waals surface area (Å²) in [6, 6.07) is 10.3. The van der Waals surface area contributed by atoms with Crippen LogP contribution < -0.4 is 0 Å². The summed E-state index contributed by atoms with van der Waals surface area (Å²) in [7, 11) is 0. The summed E-state index contributed by atoms with van der Waals surface area (Å²) in [5.41, 5.74) is 1.85. The molecule has 1 aliphatic rings. The zero-order chi connectivity index (χ0) is 15.7. The minimum Gasteiger partial charge on any atom is -0.474 e. The Hall–Kier alpha value is -1.64. The van der Waals surface area contributed by atoms with Crippen molar-refractivity contribution in [3.8, 4) is 0 Å². The van der Waals surface area contributed by atoms with Gasteiger partial charge < -0.3 is 4.74 Å². The second kappa shape index (κ2) is 5.63. The average molecular weight is 286 g/mol. The Kier molecular flexibility index (Phi) is 4.22. The Bertz CT molecular complexity index is 545. The normalized spacial score (nSPS) is 20.2. The van der Waals surface area contributed by atoms with Crippen molar-refractivity contribution < 1.29 is 4.74 Å². The second-order valence-corrected chi connectivity index (χ2v) is 7.62. The van der Waals surface area contributed by atoms with Gasteiger partial charge in [-0.25, -0.2) is 4.99 Å². The number of benzene rings is 1. The highest BCUT2D eigenvalue weighted by molar-refractivity contribution is 6.45. The van der Waals surface area contributed by atoms with Gasteiger partial charge in [-0.15, -0.1) is 0 Å². The highest BCUT2D eigenvalue weighted by Gasteiger charge is 2.32. The van der Waals surface area contributed by atoms with E-state index in [2.05, 4.69) is 53.7 Å². The molecule has 1 aromatic carbocycles. The van der Waals surface area contributed by atoms with Crippen LogP contribution in [-0.4, -0.2) is 29.8 Å². The van der Waals surface area contributed by atoms with Crippen molar-refractivity contribution in [1.29, 1.82) is 0 Å². The van der Waals surface area contributed by atoms with Gasteiger partial charge >= 0.3 is 0 Å². The highest BCUT2D eigenvalue weighted by Crippen LogP contribution is 2.27. The van der Waals surface area contributed by atoms with Gasteiger partial charge in [0.15, 0.2) is 0 Å². The molecule has 3 nitrogen and oxygen atoms in total. The lowest BCUT2D eigenvalue weighted by atomic mass is 9.88. The van der Waals surface area contributed by atoms with Crippen molar-refractivity contribution in [2.75, 3.05) is 6.61 Å². The maximum atomic E-state index is 5.87. The van der Waals surface area contributed by atoms with Crippen LogP contribution in [0.1, 0.15) is 47.1 Å². The van der Waals surface area contributed by atoms with Gasteiger partial charge in [0, 0.05) is 5.56 Å². The third-order valence-electron chi connectivity index (χ3n) is 3.35. The first-order valence-electron chi connectivity index (χ1n) is 7.53. The first-order valence-corrected chi connectivity index (χ1v) is 7.53. The second-order valence-electron chi connectivity index (χ2n) is 7.62. The Morgan fingerprint density at radius 1 is 1.10 bits per heavy atom. The van der Waals surface area contributed by atoms with Crippen LogP contribution in [0.25, 0.3) is 0 Å². The van der Waals surface area contributed by atoms with Crippen molar-refractivity contribution in [3.05, 3.63) is 35.9 Å². The Morgan fingerprint density at radius 3 is 2.19 bits per heavy atom. The highest BCUT2D eigenvalue weighted by atomic mass is 16.5. The van der Waals surface area contributed by atoms with Crippen molar-refractivity contribution in [3.63, 3.8) is 0 Å². The summed E-state index contributed by atoms with van der Waals surface area (Å²) in [6.45, 7) is 13.5. The molecule has 0 bridgehead atoms. The lowest BCUT2D eigenvalue weighted by Gasteiger charge is -2.21.